The highest BCUT2D eigenvalue weighted by Crippen LogP contribution is 2.23. The van der Waals surface area contributed by atoms with Crippen molar-refractivity contribution in [3.05, 3.63) is 28.2 Å². The Morgan fingerprint density at radius 1 is 1.24 bits per heavy atom. The molecule has 1 aliphatic heterocycles. The molecule has 0 radical (unpaired) electrons. The second-order valence-electron chi connectivity index (χ2n) is 4.85. The molecule has 1 aliphatic rings. The van der Waals surface area contributed by atoms with Crippen molar-refractivity contribution < 1.29 is 18.3 Å². The molecule has 0 aromatic heterocycles. The van der Waals surface area contributed by atoms with Gasteiger partial charge in [0.15, 0.2) is 0 Å². The first-order chi connectivity index (χ1) is 9.78. The number of sulfonamides is 1. The number of rotatable bonds is 4. The van der Waals surface area contributed by atoms with Crippen molar-refractivity contribution in [1.29, 1.82) is 0 Å². The summed E-state index contributed by atoms with van der Waals surface area (Å²) >= 11 is 11.6. The maximum absolute atomic E-state index is 12.3. The van der Waals surface area contributed by atoms with Gasteiger partial charge in [-0.15, -0.1) is 0 Å². The standard InChI is InChI=1S/C12H14Cl2N2O4S/c13-8-2-9(14)4-11(3-8)21(19,20)16-10-1-7(12(17)18)5-15-6-10/h2-4,7,10,15-16H,1,5-6H2,(H,17,18)/t7-,10+/m0/s1. The van der Waals surface area contributed by atoms with E-state index >= 15 is 0 Å². The van der Waals surface area contributed by atoms with E-state index in [1.54, 1.807) is 0 Å². The summed E-state index contributed by atoms with van der Waals surface area (Å²) in [4.78, 5) is 10.9. The van der Waals surface area contributed by atoms with Crippen molar-refractivity contribution in [1.82, 2.24) is 10.0 Å². The molecule has 2 atom stereocenters. The lowest BCUT2D eigenvalue weighted by molar-refractivity contribution is -0.142. The Bertz CT molecular complexity index is 630. The second-order valence-corrected chi connectivity index (χ2v) is 7.44. The third kappa shape index (κ3) is 4.31. The molecule has 6 nitrogen and oxygen atoms in total. The number of carboxylic acids is 1. The normalized spacial score (nSPS) is 23.0. The molecule has 116 valence electrons. The van der Waals surface area contributed by atoms with E-state index in [1.165, 1.54) is 18.2 Å². The molecule has 1 aromatic rings. The van der Waals surface area contributed by atoms with Gasteiger partial charge in [-0.1, -0.05) is 23.2 Å². The number of hydrogen-bond acceptors (Lipinski definition) is 4. The summed E-state index contributed by atoms with van der Waals surface area (Å²) in [6.07, 6.45) is 0.232. The molecule has 0 amide bonds. The summed E-state index contributed by atoms with van der Waals surface area (Å²) in [5, 5.41) is 12.3. The number of carboxylic acid groups (broad SMARTS) is 1. The lowest BCUT2D eigenvalue weighted by Crippen LogP contribution is -2.50. The van der Waals surface area contributed by atoms with E-state index in [9.17, 15) is 13.2 Å². The van der Waals surface area contributed by atoms with Crippen molar-refractivity contribution in [3.8, 4) is 0 Å². The van der Waals surface area contributed by atoms with Crippen molar-refractivity contribution in [2.24, 2.45) is 5.92 Å². The highest BCUT2D eigenvalue weighted by molar-refractivity contribution is 7.89. The van der Waals surface area contributed by atoms with Crippen LogP contribution in [0.15, 0.2) is 23.1 Å². The summed E-state index contributed by atoms with van der Waals surface area (Å²) in [7, 11) is -3.81. The maximum atomic E-state index is 12.3. The summed E-state index contributed by atoms with van der Waals surface area (Å²) in [6, 6.07) is 3.52. The van der Waals surface area contributed by atoms with Gasteiger partial charge in [-0.05, 0) is 24.6 Å². The molecule has 1 aromatic carbocycles. The third-order valence-corrected chi connectivity index (χ3v) is 5.10. The van der Waals surface area contributed by atoms with Gasteiger partial charge in [0.25, 0.3) is 0 Å². The molecular formula is C12H14Cl2N2O4S. The first kappa shape index (κ1) is 16.5. The van der Waals surface area contributed by atoms with Gasteiger partial charge < -0.3 is 10.4 Å². The van der Waals surface area contributed by atoms with Gasteiger partial charge in [0.2, 0.25) is 10.0 Å². The topological polar surface area (TPSA) is 95.5 Å². The predicted molar refractivity (Wildman–Crippen MR) is 79.2 cm³/mol. The lowest BCUT2D eigenvalue weighted by Gasteiger charge is -2.28. The van der Waals surface area contributed by atoms with Gasteiger partial charge in [0.1, 0.15) is 0 Å². The minimum absolute atomic E-state index is 0.0440. The zero-order valence-electron chi connectivity index (χ0n) is 10.8. The fourth-order valence-corrected chi connectivity index (χ4v) is 4.17. The Morgan fingerprint density at radius 2 is 1.86 bits per heavy atom. The van der Waals surface area contributed by atoms with E-state index < -0.39 is 28.0 Å². The Hall–Kier alpha value is -0.860. The predicted octanol–water partition coefficient (Wildman–Crippen LogP) is 1.33. The molecule has 21 heavy (non-hydrogen) atoms. The van der Waals surface area contributed by atoms with Gasteiger partial charge in [0.05, 0.1) is 10.8 Å². The zero-order valence-corrected chi connectivity index (χ0v) is 13.2. The Balaban J connectivity index is 2.15. The van der Waals surface area contributed by atoms with Crippen LogP contribution in [0.1, 0.15) is 6.42 Å². The van der Waals surface area contributed by atoms with Crippen LogP contribution in [0, 0.1) is 5.92 Å². The minimum atomic E-state index is -3.81. The number of nitrogens with one attached hydrogen (secondary N) is 2. The third-order valence-electron chi connectivity index (χ3n) is 3.17. The van der Waals surface area contributed by atoms with E-state index in [0.717, 1.165) is 0 Å². The molecule has 3 N–H and O–H groups in total. The number of aliphatic carboxylic acids is 1. The molecule has 0 bridgehead atoms. The first-order valence-corrected chi connectivity index (χ1v) is 8.44. The largest absolute Gasteiger partial charge is 0.481 e. The molecule has 1 heterocycles. The Kier molecular flexibility index (Phi) is 5.11. The molecule has 0 unspecified atom stereocenters. The van der Waals surface area contributed by atoms with Gasteiger partial charge >= 0.3 is 5.97 Å². The van der Waals surface area contributed by atoms with Crippen LogP contribution in [0.5, 0.6) is 0 Å². The van der Waals surface area contributed by atoms with E-state index in [0.29, 0.717) is 13.1 Å². The Morgan fingerprint density at radius 3 is 2.43 bits per heavy atom. The smallest absolute Gasteiger partial charge is 0.307 e. The molecular weight excluding hydrogens is 339 g/mol. The molecule has 1 fully saturated rings. The van der Waals surface area contributed by atoms with Crippen LogP contribution in [0.25, 0.3) is 0 Å². The second kappa shape index (κ2) is 6.50. The zero-order chi connectivity index (χ0) is 15.6. The quantitative estimate of drug-likeness (QED) is 0.759. The number of hydrogen-bond donors (Lipinski definition) is 3. The van der Waals surface area contributed by atoms with Crippen LogP contribution >= 0.6 is 23.2 Å². The van der Waals surface area contributed by atoms with E-state index in [-0.39, 0.29) is 21.4 Å². The van der Waals surface area contributed by atoms with Crippen molar-refractivity contribution in [2.75, 3.05) is 13.1 Å². The van der Waals surface area contributed by atoms with Crippen LogP contribution in [0.4, 0.5) is 0 Å². The highest BCUT2D eigenvalue weighted by atomic mass is 35.5. The average molecular weight is 353 g/mol. The first-order valence-electron chi connectivity index (χ1n) is 6.20. The van der Waals surface area contributed by atoms with Crippen LogP contribution in [-0.4, -0.2) is 38.6 Å². The van der Waals surface area contributed by atoms with E-state index in [1.807, 2.05) is 0 Å². The number of benzene rings is 1. The van der Waals surface area contributed by atoms with Gasteiger partial charge in [-0.25, -0.2) is 13.1 Å². The number of halogens is 2. The van der Waals surface area contributed by atoms with E-state index in [2.05, 4.69) is 10.0 Å². The van der Waals surface area contributed by atoms with E-state index in [4.69, 9.17) is 28.3 Å². The maximum Gasteiger partial charge on any atom is 0.307 e. The number of carbonyl (C=O) groups is 1. The molecule has 0 aliphatic carbocycles. The Labute approximate surface area is 132 Å². The fraction of sp³-hybridized carbons (Fsp3) is 0.417. The average Bonchev–Trinajstić information content (AvgIpc) is 2.37. The summed E-state index contributed by atoms with van der Waals surface area (Å²) in [6.45, 7) is 0.702. The molecule has 2 rings (SSSR count). The molecule has 1 saturated heterocycles. The monoisotopic (exact) mass is 352 g/mol. The fourth-order valence-electron chi connectivity index (χ4n) is 2.19. The van der Waals surface area contributed by atoms with Crippen molar-refractivity contribution in [2.45, 2.75) is 17.4 Å². The number of piperidine rings is 1. The van der Waals surface area contributed by atoms with Crippen LogP contribution < -0.4 is 10.0 Å². The summed E-state index contributed by atoms with van der Waals surface area (Å²) in [5.74, 6) is -1.56. The lowest BCUT2D eigenvalue weighted by atomic mass is 9.97. The minimum Gasteiger partial charge on any atom is -0.481 e. The molecule has 0 spiro atoms. The van der Waals surface area contributed by atoms with Crippen molar-refractivity contribution in [3.63, 3.8) is 0 Å². The molecule has 0 saturated carbocycles. The highest BCUT2D eigenvalue weighted by Gasteiger charge is 2.30. The van der Waals surface area contributed by atoms with Gasteiger partial charge in [-0.2, -0.15) is 0 Å². The SMILES string of the molecule is O=C(O)[C@@H]1CNC[C@H](NS(=O)(=O)c2cc(Cl)cc(Cl)c2)C1. The summed E-state index contributed by atoms with van der Waals surface area (Å²) in [5.41, 5.74) is 0. The van der Waals surface area contributed by atoms with Crippen LogP contribution in [0.3, 0.4) is 0 Å². The van der Waals surface area contributed by atoms with Crippen LogP contribution in [0.2, 0.25) is 10.0 Å². The summed E-state index contributed by atoms with van der Waals surface area (Å²) < 4.78 is 27.0. The molecule has 9 heteroatoms. The van der Waals surface area contributed by atoms with Gasteiger partial charge in [-0.3, -0.25) is 4.79 Å². The van der Waals surface area contributed by atoms with Crippen molar-refractivity contribution >= 4 is 39.2 Å². The van der Waals surface area contributed by atoms with Gasteiger partial charge in [0, 0.05) is 29.2 Å². The van der Waals surface area contributed by atoms with Crippen LogP contribution in [-0.2, 0) is 14.8 Å².